The van der Waals surface area contributed by atoms with Crippen LogP contribution in [0.1, 0.15) is 21.5 Å². The van der Waals surface area contributed by atoms with Gasteiger partial charge >= 0.3 is 0 Å². The van der Waals surface area contributed by atoms with E-state index in [0.717, 1.165) is 16.6 Å². The highest BCUT2D eigenvalue weighted by Crippen LogP contribution is 2.23. The summed E-state index contributed by atoms with van der Waals surface area (Å²) in [4.78, 5) is 18.8. The van der Waals surface area contributed by atoms with Crippen LogP contribution in [-0.4, -0.2) is 29.9 Å². The summed E-state index contributed by atoms with van der Waals surface area (Å²) in [5.41, 5.74) is 2.79. The highest BCUT2D eigenvalue weighted by Gasteiger charge is 2.09. The van der Waals surface area contributed by atoms with E-state index in [4.69, 9.17) is 4.74 Å². The average molecular weight is 440 g/mol. The van der Waals surface area contributed by atoms with Crippen LogP contribution >= 0.6 is 15.9 Å². The van der Waals surface area contributed by atoms with Gasteiger partial charge in [0.1, 0.15) is 5.75 Å². The fourth-order valence-electron chi connectivity index (χ4n) is 2.73. The molecule has 1 heterocycles. The standard InChI is InChI=1S/C22H22BrN3O2/c1-26(2)15-18-7-4-3-6-16(18)13-25-22(27)17-10-11-21(24-14-17)28-20-9-5-8-19(23)12-20/h3-12,14H,13,15H2,1-2H3,(H,25,27). The van der Waals surface area contributed by atoms with Crippen LogP contribution in [0, 0.1) is 0 Å². The maximum atomic E-state index is 12.5. The van der Waals surface area contributed by atoms with Gasteiger partial charge in [-0.15, -0.1) is 0 Å². The van der Waals surface area contributed by atoms with Crippen molar-refractivity contribution in [3.8, 4) is 11.6 Å². The van der Waals surface area contributed by atoms with Crippen molar-refractivity contribution in [2.75, 3.05) is 14.1 Å². The summed E-state index contributed by atoms with van der Waals surface area (Å²) in [6.07, 6.45) is 1.52. The molecular weight excluding hydrogens is 418 g/mol. The van der Waals surface area contributed by atoms with E-state index in [-0.39, 0.29) is 5.91 Å². The summed E-state index contributed by atoms with van der Waals surface area (Å²) in [7, 11) is 4.05. The van der Waals surface area contributed by atoms with Gasteiger partial charge in [0.05, 0.1) is 5.56 Å². The van der Waals surface area contributed by atoms with Crippen molar-refractivity contribution < 1.29 is 9.53 Å². The van der Waals surface area contributed by atoms with Gasteiger partial charge in [-0.25, -0.2) is 4.98 Å². The van der Waals surface area contributed by atoms with Crippen molar-refractivity contribution in [3.63, 3.8) is 0 Å². The second kappa shape index (κ2) is 9.48. The lowest BCUT2D eigenvalue weighted by Gasteiger charge is -2.14. The van der Waals surface area contributed by atoms with E-state index in [1.165, 1.54) is 11.8 Å². The number of rotatable bonds is 7. The van der Waals surface area contributed by atoms with Crippen LogP contribution in [0.3, 0.4) is 0 Å². The molecule has 0 saturated heterocycles. The van der Waals surface area contributed by atoms with Crippen LogP contribution in [0.4, 0.5) is 0 Å². The molecule has 0 spiro atoms. The Labute approximate surface area is 173 Å². The van der Waals surface area contributed by atoms with Gasteiger partial charge in [0.15, 0.2) is 0 Å². The summed E-state index contributed by atoms with van der Waals surface area (Å²) in [6, 6.07) is 19.0. The first-order valence-electron chi connectivity index (χ1n) is 8.90. The summed E-state index contributed by atoms with van der Waals surface area (Å²) in [5.74, 6) is 0.948. The minimum absolute atomic E-state index is 0.166. The molecular formula is C22H22BrN3O2. The van der Waals surface area contributed by atoms with Gasteiger partial charge in [0, 0.05) is 29.8 Å². The van der Waals surface area contributed by atoms with Crippen LogP contribution in [0.25, 0.3) is 0 Å². The zero-order valence-electron chi connectivity index (χ0n) is 15.9. The normalized spacial score (nSPS) is 10.7. The average Bonchev–Trinajstić information content (AvgIpc) is 2.67. The van der Waals surface area contributed by atoms with Gasteiger partial charge in [0.2, 0.25) is 5.88 Å². The molecule has 1 amide bonds. The van der Waals surface area contributed by atoms with Crippen LogP contribution in [0.15, 0.2) is 71.3 Å². The third kappa shape index (κ3) is 5.65. The monoisotopic (exact) mass is 439 g/mol. The Bertz CT molecular complexity index is 943. The van der Waals surface area contributed by atoms with Crippen molar-refractivity contribution in [1.29, 1.82) is 0 Å². The molecule has 1 aromatic heterocycles. The Balaban J connectivity index is 1.61. The van der Waals surface area contributed by atoms with Crippen molar-refractivity contribution in [3.05, 3.63) is 88.0 Å². The largest absolute Gasteiger partial charge is 0.439 e. The molecule has 144 valence electrons. The number of benzene rings is 2. The summed E-state index contributed by atoms with van der Waals surface area (Å²) >= 11 is 3.40. The lowest BCUT2D eigenvalue weighted by molar-refractivity contribution is 0.0950. The molecule has 6 heteroatoms. The molecule has 5 nitrogen and oxygen atoms in total. The third-order valence-electron chi connectivity index (χ3n) is 4.06. The number of nitrogens with one attached hydrogen (secondary N) is 1. The molecule has 0 saturated carbocycles. The number of pyridine rings is 1. The molecule has 2 aromatic carbocycles. The number of hydrogen-bond acceptors (Lipinski definition) is 4. The summed E-state index contributed by atoms with van der Waals surface area (Å²) < 4.78 is 6.62. The van der Waals surface area contributed by atoms with Gasteiger partial charge in [-0.2, -0.15) is 0 Å². The van der Waals surface area contributed by atoms with Gasteiger partial charge in [-0.3, -0.25) is 4.79 Å². The molecule has 0 radical (unpaired) electrons. The number of halogens is 1. The molecule has 28 heavy (non-hydrogen) atoms. The molecule has 0 aliphatic heterocycles. The quantitative estimate of drug-likeness (QED) is 0.582. The van der Waals surface area contributed by atoms with Crippen molar-refractivity contribution in [1.82, 2.24) is 15.2 Å². The molecule has 0 fully saturated rings. The molecule has 3 rings (SSSR count). The number of aromatic nitrogens is 1. The Morgan fingerprint density at radius 1 is 1.07 bits per heavy atom. The Kier molecular flexibility index (Phi) is 6.79. The summed E-state index contributed by atoms with van der Waals surface area (Å²) in [6.45, 7) is 1.30. The van der Waals surface area contributed by atoms with E-state index in [2.05, 4.69) is 37.2 Å². The Hall–Kier alpha value is -2.70. The van der Waals surface area contributed by atoms with E-state index >= 15 is 0 Å². The van der Waals surface area contributed by atoms with E-state index in [0.29, 0.717) is 23.7 Å². The second-order valence-corrected chi connectivity index (χ2v) is 7.55. The Morgan fingerprint density at radius 2 is 1.86 bits per heavy atom. The highest BCUT2D eigenvalue weighted by atomic mass is 79.9. The topological polar surface area (TPSA) is 54.5 Å². The van der Waals surface area contributed by atoms with E-state index in [9.17, 15) is 4.79 Å². The molecule has 0 bridgehead atoms. The second-order valence-electron chi connectivity index (χ2n) is 6.63. The third-order valence-corrected chi connectivity index (χ3v) is 4.55. The lowest BCUT2D eigenvalue weighted by atomic mass is 10.1. The minimum atomic E-state index is -0.166. The van der Waals surface area contributed by atoms with Gasteiger partial charge in [-0.05, 0) is 49.5 Å². The highest BCUT2D eigenvalue weighted by molar-refractivity contribution is 9.10. The number of carbonyl (C=O) groups excluding carboxylic acids is 1. The van der Waals surface area contributed by atoms with Crippen molar-refractivity contribution >= 4 is 21.8 Å². The molecule has 0 unspecified atom stereocenters. The first-order chi connectivity index (χ1) is 13.5. The fraction of sp³-hybridized carbons (Fsp3) is 0.182. The van der Waals surface area contributed by atoms with E-state index in [1.54, 1.807) is 12.1 Å². The van der Waals surface area contributed by atoms with Crippen LogP contribution in [-0.2, 0) is 13.1 Å². The van der Waals surface area contributed by atoms with Gasteiger partial charge in [0.25, 0.3) is 5.91 Å². The Morgan fingerprint density at radius 3 is 2.54 bits per heavy atom. The molecule has 0 aliphatic rings. The minimum Gasteiger partial charge on any atom is -0.439 e. The predicted octanol–water partition coefficient (Wildman–Crippen LogP) is 4.63. The number of amides is 1. The van der Waals surface area contributed by atoms with Gasteiger partial charge in [-0.1, -0.05) is 46.3 Å². The SMILES string of the molecule is CN(C)Cc1ccccc1CNC(=O)c1ccc(Oc2cccc(Br)c2)nc1. The number of ether oxygens (including phenoxy) is 1. The van der Waals surface area contributed by atoms with E-state index < -0.39 is 0 Å². The molecule has 0 atom stereocenters. The van der Waals surface area contributed by atoms with Gasteiger partial charge < -0.3 is 15.0 Å². The number of carbonyl (C=O) groups is 1. The van der Waals surface area contributed by atoms with Crippen LogP contribution in [0.2, 0.25) is 0 Å². The number of nitrogens with zero attached hydrogens (tertiary/aromatic N) is 2. The fourth-order valence-corrected chi connectivity index (χ4v) is 3.11. The zero-order valence-corrected chi connectivity index (χ0v) is 17.4. The first kappa shape index (κ1) is 20.0. The maximum absolute atomic E-state index is 12.5. The van der Waals surface area contributed by atoms with Crippen molar-refractivity contribution in [2.45, 2.75) is 13.1 Å². The van der Waals surface area contributed by atoms with E-state index in [1.807, 2.05) is 56.6 Å². The van der Waals surface area contributed by atoms with Crippen LogP contribution in [0.5, 0.6) is 11.6 Å². The number of hydrogen-bond donors (Lipinski definition) is 1. The smallest absolute Gasteiger partial charge is 0.253 e. The maximum Gasteiger partial charge on any atom is 0.253 e. The molecule has 0 aliphatic carbocycles. The predicted molar refractivity (Wildman–Crippen MR) is 113 cm³/mol. The molecule has 3 aromatic rings. The zero-order chi connectivity index (χ0) is 19.9. The lowest BCUT2D eigenvalue weighted by Crippen LogP contribution is -2.24. The van der Waals surface area contributed by atoms with Crippen molar-refractivity contribution in [2.24, 2.45) is 0 Å². The summed E-state index contributed by atoms with van der Waals surface area (Å²) in [5, 5.41) is 2.96. The van der Waals surface area contributed by atoms with Crippen LogP contribution < -0.4 is 10.1 Å². The first-order valence-corrected chi connectivity index (χ1v) is 9.70. The molecule has 1 N–H and O–H groups in total.